The normalized spacial score (nSPS) is 12.3. The summed E-state index contributed by atoms with van der Waals surface area (Å²) in [4.78, 5) is 0. The number of hydrogen-bond donors (Lipinski definition) is 1. The molecule has 1 aromatic carbocycles. The number of benzene rings is 1. The molecule has 0 aliphatic rings. The van der Waals surface area contributed by atoms with Gasteiger partial charge in [0.15, 0.2) is 5.82 Å². The SMILES string of the molecule is COc1ccc(C(C)NCc2nnnn2-c2onc(C)c2C)cc1. The minimum absolute atomic E-state index is 0.138. The van der Waals surface area contributed by atoms with Crippen LogP contribution in [0.2, 0.25) is 0 Å². The average molecular weight is 328 g/mol. The zero-order chi connectivity index (χ0) is 17.1. The summed E-state index contributed by atoms with van der Waals surface area (Å²) in [5.74, 6) is 2.05. The molecule has 3 rings (SSSR count). The highest BCUT2D eigenvalue weighted by Crippen LogP contribution is 2.19. The van der Waals surface area contributed by atoms with Crippen LogP contribution in [0.1, 0.15) is 35.6 Å². The van der Waals surface area contributed by atoms with Gasteiger partial charge < -0.3 is 14.6 Å². The molecular weight excluding hydrogens is 308 g/mol. The Bertz CT molecular complexity index is 808. The maximum Gasteiger partial charge on any atom is 0.257 e. The maximum atomic E-state index is 5.33. The number of ether oxygens (including phenoxy) is 1. The van der Waals surface area contributed by atoms with Crippen LogP contribution in [-0.2, 0) is 6.54 Å². The maximum absolute atomic E-state index is 5.33. The smallest absolute Gasteiger partial charge is 0.257 e. The summed E-state index contributed by atoms with van der Waals surface area (Å²) in [7, 11) is 1.66. The lowest BCUT2D eigenvalue weighted by molar-refractivity contribution is 0.387. The van der Waals surface area contributed by atoms with E-state index in [1.165, 1.54) is 0 Å². The third-order valence-electron chi connectivity index (χ3n) is 4.04. The number of nitrogens with zero attached hydrogens (tertiary/aromatic N) is 5. The van der Waals surface area contributed by atoms with Gasteiger partial charge >= 0.3 is 0 Å². The van der Waals surface area contributed by atoms with Gasteiger partial charge in [-0.2, -0.15) is 4.68 Å². The number of rotatable bonds is 6. The van der Waals surface area contributed by atoms with E-state index in [-0.39, 0.29) is 6.04 Å². The van der Waals surface area contributed by atoms with Crippen molar-refractivity contribution in [3.63, 3.8) is 0 Å². The predicted octanol–water partition coefficient (Wildman–Crippen LogP) is 2.13. The van der Waals surface area contributed by atoms with Crippen LogP contribution in [0, 0.1) is 13.8 Å². The molecule has 3 aromatic rings. The fraction of sp³-hybridized carbons (Fsp3) is 0.375. The fourth-order valence-electron chi connectivity index (χ4n) is 2.33. The molecule has 126 valence electrons. The molecule has 0 radical (unpaired) electrons. The number of hydrogen-bond acceptors (Lipinski definition) is 7. The quantitative estimate of drug-likeness (QED) is 0.741. The van der Waals surface area contributed by atoms with E-state index in [0.29, 0.717) is 18.3 Å². The van der Waals surface area contributed by atoms with Gasteiger partial charge in [0.05, 0.1) is 19.3 Å². The van der Waals surface area contributed by atoms with Gasteiger partial charge in [-0.05, 0) is 48.9 Å². The lowest BCUT2D eigenvalue weighted by Gasteiger charge is -2.14. The van der Waals surface area contributed by atoms with Crippen molar-refractivity contribution in [1.82, 2.24) is 30.7 Å². The van der Waals surface area contributed by atoms with Crippen LogP contribution in [0.25, 0.3) is 5.88 Å². The Labute approximate surface area is 139 Å². The summed E-state index contributed by atoms with van der Waals surface area (Å²) >= 11 is 0. The molecule has 1 unspecified atom stereocenters. The molecule has 8 heteroatoms. The van der Waals surface area contributed by atoms with Gasteiger partial charge in [0.1, 0.15) is 5.75 Å². The second-order valence-corrected chi connectivity index (χ2v) is 5.58. The Morgan fingerprint density at radius 1 is 1.25 bits per heavy atom. The van der Waals surface area contributed by atoms with Gasteiger partial charge in [-0.25, -0.2) is 0 Å². The Morgan fingerprint density at radius 3 is 2.62 bits per heavy atom. The number of aryl methyl sites for hydroxylation is 1. The Morgan fingerprint density at radius 2 is 2.00 bits per heavy atom. The van der Waals surface area contributed by atoms with Crippen molar-refractivity contribution in [3.8, 4) is 11.6 Å². The summed E-state index contributed by atoms with van der Waals surface area (Å²) in [6, 6.07) is 8.09. The molecule has 0 saturated carbocycles. The summed E-state index contributed by atoms with van der Waals surface area (Å²) in [5, 5.41) is 19.2. The standard InChI is InChI=1S/C16H20N6O2/c1-10-11(2)19-24-16(10)22-15(18-20-21-22)9-17-12(3)13-5-7-14(23-4)8-6-13/h5-8,12,17H,9H2,1-4H3. The minimum atomic E-state index is 0.138. The molecule has 0 aliphatic heterocycles. The highest BCUT2D eigenvalue weighted by molar-refractivity contribution is 5.32. The number of nitrogens with one attached hydrogen (secondary N) is 1. The fourth-order valence-corrected chi connectivity index (χ4v) is 2.33. The summed E-state index contributed by atoms with van der Waals surface area (Å²) in [6.45, 7) is 6.40. The van der Waals surface area contributed by atoms with E-state index in [1.54, 1.807) is 11.8 Å². The lowest BCUT2D eigenvalue weighted by atomic mass is 10.1. The van der Waals surface area contributed by atoms with Gasteiger partial charge in [-0.15, -0.1) is 5.10 Å². The monoisotopic (exact) mass is 328 g/mol. The molecular formula is C16H20N6O2. The van der Waals surface area contributed by atoms with E-state index in [0.717, 1.165) is 22.6 Å². The number of tetrazole rings is 1. The van der Waals surface area contributed by atoms with Crippen molar-refractivity contribution in [2.75, 3.05) is 7.11 Å². The van der Waals surface area contributed by atoms with Crippen LogP contribution in [-0.4, -0.2) is 32.5 Å². The first-order valence-corrected chi connectivity index (χ1v) is 7.68. The minimum Gasteiger partial charge on any atom is -0.497 e. The van der Waals surface area contributed by atoms with E-state index in [4.69, 9.17) is 9.26 Å². The van der Waals surface area contributed by atoms with Gasteiger partial charge in [0, 0.05) is 11.6 Å². The summed E-state index contributed by atoms with van der Waals surface area (Å²) < 4.78 is 12.1. The Balaban J connectivity index is 1.71. The third kappa shape index (κ3) is 3.13. The number of aromatic nitrogens is 5. The molecule has 2 aromatic heterocycles. The average Bonchev–Trinajstić information content (AvgIpc) is 3.20. The van der Waals surface area contributed by atoms with Gasteiger partial charge in [0.25, 0.3) is 5.88 Å². The molecule has 1 N–H and O–H groups in total. The van der Waals surface area contributed by atoms with E-state index in [9.17, 15) is 0 Å². The molecule has 8 nitrogen and oxygen atoms in total. The number of methoxy groups -OCH3 is 1. The zero-order valence-electron chi connectivity index (χ0n) is 14.1. The molecule has 2 heterocycles. The van der Waals surface area contributed by atoms with Crippen molar-refractivity contribution >= 4 is 0 Å². The highest BCUT2D eigenvalue weighted by Gasteiger charge is 2.17. The van der Waals surface area contributed by atoms with E-state index >= 15 is 0 Å². The Kier molecular flexibility index (Phi) is 4.57. The molecule has 1 atom stereocenters. The summed E-state index contributed by atoms with van der Waals surface area (Å²) in [6.07, 6.45) is 0. The van der Waals surface area contributed by atoms with Gasteiger partial charge in [-0.3, -0.25) is 0 Å². The first-order chi connectivity index (χ1) is 11.6. The molecule has 0 bridgehead atoms. The van der Waals surface area contributed by atoms with E-state index < -0.39 is 0 Å². The first kappa shape index (κ1) is 16.1. The third-order valence-corrected chi connectivity index (χ3v) is 4.04. The van der Waals surface area contributed by atoms with Gasteiger partial charge in [-0.1, -0.05) is 17.3 Å². The second kappa shape index (κ2) is 6.79. The van der Waals surface area contributed by atoms with Crippen molar-refractivity contribution in [2.45, 2.75) is 33.4 Å². The van der Waals surface area contributed by atoms with Crippen LogP contribution in [0.15, 0.2) is 28.8 Å². The van der Waals surface area contributed by atoms with Crippen LogP contribution in [0.3, 0.4) is 0 Å². The molecule has 0 amide bonds. The molecule has 0 fully saturated rings. The molecule has 0 saturated heterocycles. The highest BCUT2D eigenvalue weighted by atomic mass is 16.5. The van der Waals surface area contributed by atoms with Crippen molar-refractivity contribution < 1.29 is 9.26 Å². The largest absolute Gasteiger partial charge is 0.497 e. The van der Waals surface area contributed by atoms with E-state index in [2.05, 4.69) is 32.9 Å². The van der Waals surface area contributed by atoms with Crippen molar-refractivity contribution in [2.24, 2.45) is 0 Å². The van der Waals surface area contributed by atoms with Crippen molar-refractivity contribution in [3.05, 3.63) is 46.9 Å². The van der Waals surface area contributed by atoms with Crippen LogP contribution >= 0.6 is 0 Å². The van der Waals surface area contributed by atoms with Gasteiger partial charge in [0.2, 0.25) is 0 Å². The predicted molar refractivity (Wildman–Crippen MR) is 86.9 cm³/mol. The van der Waals surface area contributed by atoms with E-state index in [1.807, 2.05) is 38.1 Å². The molecule has 0 spiro atoms. The van der Waals surface area contributed by atoms with Crippen LogP contribution in [0.5, 0.6) is 5.75 Å². The second-order valence-electron chi connectivity index (χ2n) is 5.58. The van der Waals surface area contributed by atoms with Crippen molar-refractivity contribution in [1.29, 1.82) is 0 Å². The molecule has 0 aliphatic carbocycles. The zero-order valence-corrected chi connectivity index (χ0v) is 14.1. The summed E-state index contributed by atoms with van der Waals surface area (Å²) in [5.41, 5.74) is 2.90. The Hall–Kier alpha value is -2.74. The van der Waals surface area contributed by atoms with Crippen LogP contribution in [0.4, 0.5) is 0 Å². The molecule has 24 heavy (non-hydrogen) atoms. The van der Waals surface area contributed by atoms with Crippen LogP contribution < -0.4 is 10.1 Å². The topological polar surface area (TPSA) is 90.9 Å². The lowest BCUT2D eigenvalue weighted by Crippen LogP contribution is -2.20. The first-order valence-electron chi connectivity index (χ1n) is 7.68.